The standard InChI is InChI=1S/C11H13ClN2O/c12-9-5-2-6-13-11(9)14-10(15)7-8-3-1-4-8/h2,5-6,8H,1,3-4,7H2,(H,13,14,15). The second-order valence-corrected chi connectivity index (χ2v) is 4.29. The highest BCUT2D eigenvalue weighted by molar-refractivity contribution is 6.33. The number of hydrogen-bond acceptors (Lipinski definition) is 2. The molecule has 0 unspecified atom stereocenters. The third-order valence-corrected chi connectivity index (χ3v) is 3.02. The van der Waals surface area contributed by atoms with E-state index in [-0.39, 0.29) is 5.91 Å². The number of pyridine rings is 1. The quantitative estimate of drug-likeness (QED) is 0.858. The Bertz CT molecular complexity index is 363. The molecule has 0 radical (unpaired) electrons. The lowest BCUT2D eigenvalue weighted by Gasteiger charge is -2.24. The Balaban J connectivity index is 1.90. The van der Waals surface area contributed by atoms with Crippen LogP contribution < -0.4 is 5.32 Å². The van der Waals surface area contributed by atoms with E-state index in [1.54, 1.807) is 18.3 Å². The SMILES string of the molecule is O=C(CC1CCC1)Nc1ncccc1Cl. The van der Waals surface area contributed by atoms with Gasteiger partial charge in [0, 0.05) is 12.6 Å². The Hall–Kier alpha value is -1.09. The van der Waals surface area contributed by atoms with Crippen LogP contribution in [0, 0.1) is 5.92 Å². The van der Waals surface area contributed by atoms with Crippen LogP contribution in [0.4, 0.5) is 5.82 Å². The average Bonchev–Trinajstić information content (AvgIpc) is 2.16. The van der Waals surface area contributed by atoms with Crippen molar-refractivity contribution in [1.29, 1.82) is 0 Å². The maximum atomic E-state index is 11.6. The van der Waals surface area contributed by atoms with E-state index in [0.29, 0.717) is 23.2 Å². The molecule has 0 saturated heterocycles. The summed E-state index contributed by atoms with van der Waals surface area (Å²) in [6, 6.07) is 3.46. The van der Waals surface area contributed by atoms with Crippen molar-refractivity contribution in [1.82, 2.24) is 4.98 Å². The van der Waals surface area contributed by atoms with Gasteiger partial charge < -0.3 is 5.32 Å². The largest absolute Gasteiger partial charge is 0.309 e. The molecular weight excluding hydrogens is 212 g/mol. The molecule has 0 spiro atoms. The molecule has 0 aliphatic heterocycles. The Labute approximate surface area is 93.8 Å². The lowest BCUT2D eigenvalue weighted by atomic mass is 9.83. The third kappa shape index (κ3) is 2.69. The van der Waals surface area contributed by atoms with Gasteiger partial charge in [0.1, 0.15) is 0 Å². The molecule has 1 saturated carbocycles. The summed E-state index contributed by atoms with van der Waals surface area (Å²) in [5, 5.41) is 3.21. The van der Waals surface area contributed by atoms with Crippen LogP contribution in [-0.4, -0.2) is 10.9 Å². The fourth-order valence-electron chi connectivity index (χ4n) is 1.62. The van der Waals surface area contributed by atoms with Crippen molar-refractivity contribution in [3.63, 3.8) is 0 Å². The van der Waals surface area contributed by atoms with Gasteiger partial charge in [-0.25, -0.2) is 4.98 Å². The minimum atomic E-state index is 0.0142. The molecule has 1 fully saturated rings. The second-order valence-electron chi connectivity index (χ2n) is 3.88. The highest BCUT2D eigenvalue weighted by atomic mass is 35.5. The summed E-state index contributed by atoms with van der Waals surface area (Å²) in [6.45, 7) is 0. The number of hydrogen-bond donors (Lipinski definition) is 1. The maximum absolute atomic E-state index is 11.6. The van der Waals surface area contributed by atoms with Gasteiger partial charge in [0.25, 0.3) is 0 Å². The monoisotopic (exact) mass is 224 g/mol. The molecule has 1 heterocycles. The first-order chi connectivity index (χ1) is 7.25. The molecule has 4 heteroatoms. The second kappa shape index (κ2) is 4.62. The minimum Gasteiger partial charge on any atom is -0.309 e. The lowest BCUT2D eigenvalue weighted by Crippen LogP contribution is -2.21. The normalized spacial score (nSPS) is 15.8. The molecule has 1 aliphatic rings. The van der Waals surface area contributed by atoms with Gasteiger partial charge in [-0.3, -0.25) is 4.79 Å². The molecule has 3 nitrogen and oxygen atoms in total. The van der Waals surface area contributed by atoms with Crippen molar-refractivity contribution in [3.05, 3.63) is 23.4 Å². The predicted octanol–water partition coefficient (Wildman–Crippen LogP) is 2.86. The maximum Gasteiger partial charge on any atom is 0.225 e. The number of carbonyl (C=O) groups is 1. The van der Waals surface area contributed by atoms with E-state index < -0.39 is 0 Å². The minimum absolute atomic E-state index is 0.0142. The van der Waals surface area contributed by atoms with E-state index in [0.717, 1.165) is 0 Å². The molecule has 0 atom stereocenters. The number of carbonyl (C=O) groups excluding carboxylic acids is 1. The van der Waals surface area contributed by atoms with E-state index in [1.165, 1.54) is 19.3 Å². The summed E-state index contributed by atoms with van der Waals surface area (Å²) in [5.74, 6) is 1.04. The first kappa shape index (κ1) is 10.4. The average molecular weight is 225 g/mol. The van der Waals surface area contributed by atoms with Gasteiger partial charge in [0.05, 0.1) is 5.02 Å². The molecule has 80 valence electrons. The van der Waals surface area contributed by atoms with E-state index in [2.05, 4.69) is 10.3 Å². The molecule has 1 aromatic heterocycles. The number of nitrogens with zero attached hydrogens (tertiary/aromatic N) is 1. The van der Waals surface area contributed by atoms with Crippen LogP contribution in [0.2, 0.25) is 5.02 Å². The van der Waals surface area contributed by atoms with Crippen molar-refractivity contribution in [3.8, 4) is 0 Å². The first-order valence-corrected chi connectivity index (χ1v) is 5.54. The summed E-state index contributed by atoms with van der Waals surface area (Å²) in [6.07, 6.45) is 5.80. The number of halogens is 1. The molecule has 1 amide bonds. The molecule has 1 aromatic rings. The molecule has 0 bridgehead atoms. The molecular formula is C11H13ClN2O. The number of anilines is 1. The van der Waals surface area contributed by atoms with E-state index in [9.17, 15) is 4.79 Å². The van der Waals surface area contributed by atoms with Gasteiger partial charge in [-0.1, -0.05) is 18.0 Å². The van der Waals surface area contributed by atoms with Crippen LogP contribution in [-0.2, 0) is 4.79 Å². The van der Waals surface area contributed by atoms with Gasteiger partial charge in [-0.05, 0) is 30.9 Å². The zero-order valence-corrected chi connectivity index (χ0v) is 9.13. The van der Waals surface area contributed by atoms with Crippen LogP contribution in [0.1, 0.15) is 25.7 Å². The van der Waals surface area contributed by atoms with Crippen molar-refractivity contribution in [2.24, 2.45) is 5.92 Å². The van der Waals surface area contributed by atoms with E-state index >= 15 is 0 Å². The Morgan fingerprint density at radius 3 is 3.00 bits per heavy atom. The smallest absolute Gasteiger partial charge is 0.225 e. The van der Waals surface area contributed by atoms with E-state index in [4.69, 9.17) is 11.6 Å². The lowest BCUT2D eigenvalue weighted by molar-refractivity contribution is -0.117. The van der Waals surface area contributed by atoms with Crippen LogP contribution in [0.25, 0.3) is 0 Å². The Kier molecular flexibility index (Phi) is 3.21. The van der Waals surface area contributed by atoms with Crippen molar-refractivity contribution in [2.75, 3.05) is 5.32 Å². The number of nitrogens with one attached hydrogen (secondary N) is 1. The molecule has 15 heavy (non-hydrogen) atoms. The molecule has 2 rings (SSSR count). The van der Waals surface area contributed by atoms with Crippen LogP contribution in [0.5, 0.6) is 0 Å². The third-order valence-electron chi connectivity index (χ3n) is 2.72. The fourth-order valence-corrected chi connectivity index (χ4v) is 1.79. The van der Waals surface area contributed by atoms with E-state index in [1.807, 2.05) is 0 Å². The van der Waals surface area contributed by atoms with Gasteiger partial charge in [0.2, 0.25) is 5.91 Å². The van der Waals surface area contributed by atoms with Crippen LogP contribution >= 0.6 is 11.6 Å². The Morgan fingerprint density at radius 2 is 2.40 bits per heavy atom. The number of aromatic nitrogens is 1. The highest BCUT2D eigenvalue weighted by Crippen LogP contribution is 2.29. The predicted molar refractivity (Wildman–Crippen MR) is 59.8 cm³/mol. The highest BCUT2D eigenvalue weighted by Gasteiger charge is 2.20. The van der Waals surface area contributed by atoms with Gasteiger partial charge in [-0.15, -0.1) is 0 Å². The number of rotatable bonds is 3. The van der Waals surface area contributed by atoms with Crippen LogP contribution in [0.3, 0.4) is 0 Å². The summed E-state index contributed by atoms with van der Waals surface area (Å²) < 4.78 is 0. The fraction of sp³-hybridized carbons (Fsp3) is 0.455. The zero-order valence-electron chi connectivity index (χ0n) is 8.37. The zero-order chi connectivity index (χ0) is 10.7. The molecule has 1 N–H and O–H groups in total. The van der Waals surface area contributed by atoms with Gasteiger partial charge in [-0.2, -0.15) is 0 Å². The van der Waals surface area contributed by atoms with Crippen molar-refractivity contribution >= 4 is 23.3 Å². The van der Waals surface area contributed by atoms with Gasteiger partial charge in [0.15, 0.2) is 5.82 Å². The summed E-state index contributed by atoms with van der Waals surface area (Å²) in [7, 11) is 0. The molecule has 1 aliphatic carbocycles. The number of amides is 1. The van der Waals surface area contributed by atoms with Crippen LogP contribution in [0.15, 0.2) is 18.3 Å². The summed E-state index contributed by atoms with van der Waals surface area (Å²) in [5.41, 5.74) is 0. The first-order valence-electron chi connectivity index (χ1n) is 5.16. The summed E-state index contributed by atoms with van der Waals surface area (Å²) >= 11 is 5.88. The Morgan fingerprint density at radius 1 is 1.60 bits per heavy atom. The van der Waals surface area contributed by atoms with Crippen molar-refractivity contribution < 1.29 is 4.79 Å². The topological polar surface area (TPSA) is 42.0 Å². The van der Waals surface area contributed by atoms with Crippen molar-refractivity contribution in [2.45, 2.75) is 25.7 Å². The molecule has 0 aromatic carbocycles. The summed E-state index contributed by atoms with van der Waals surface area (Å²) in [4.78, 5) is 15.6. The van der Waals surface area contributed by atoms with Gasteiger partial charge >= 0.3 is 0 Å².